The molecule has 0 spiro atoms. The van der Waals surface area contributed by atoms with Crippen LogP contribution < -0.4 is 15.5 Å². The predicted molar refractivity (Wildman–Crippen MR) is 127 cm³/mol. The minimum absolute atomic E-state index is 0.261. The van der Waals surface area contributed by atoms with E-state index in [9.17, 15) is 9.59 Å². The quantitative estimate of drug-likeness (QED) is 0.319. The first-order valence-electron chi connectivity index (χ1n) is 8.91. The van der Waals surface area contributed by atoms with Gasteiger partial charge < -0.3 is 10.1 Å². The molecule has 0 fully saturated rings. The molecule has 9 heteroatoms. The fourth-order valence-corrected chi connectivity index (χ4v) is 3.72. The molecule has 0 radical (unpaired) electrons. The Labute approximate surface area is 197 Å². The van der Waals surface area contributed by atoms with Gasteiger partial charge in [-0.1, -0.05) is 35.3 Å². The maximum atomic E-state index is 12.4. The summed E-state index contributed by atoms with van der Waals surface area (Å²) in [6.45, 7) is 0. The number of carbonyl (C=O) groups excluding carboxylic acids is 2. The molecule has 0 aliphatic heterocycles. The number of ether oxygens (including phenoxy) is 1. The van der Waals surface area contributed by atoms with Crippen molar-refractivity contribution in [3.05, 3.63) is 91.9 Å². The highest BCUT2D eigenvalue weighted by Crippen LogP contribution is 2.31. The van der Waals surface area contributed by atoms with Crippen LogP contribution in [0.5, 0.6) is 5.75 Å². The first kappa shape index (κ1) is 22.8. The van der Waals surface area contributed by atoms with E-state index in [2.05, 4.69) is 31.8 Å². The molecular formula is C22H16BrCl2N3O3. The van der Waals surface area contributed by atoms with Crippen LogP contribution in [0, 0.1) is 0 Å². The zero-order valence-electron chi connectivity index (χ0n) is 16.2. The van der Waals surface area contributed by atoms with Crippen LogP contribution in [-0.2, 0) is 0 Å². The molecule has 6 nitrogen and oxygen atoms in total. The van der Waals surface area contributed by atoms with Gasteiger partial charge >= 0.3 is 0 Å². The van der Waals surface area contributed by atoms with Crippen LogP contribution in [0.2, 0.25) is 10.0 Å². The summed E-state index contributed by atoms with van der Waals surface area (Å²) in [6.07, 6.45) is 1.39. The van der Waals surface area contributed by atoms with Gasteiger partial charge in [-0.3, -0.25) is 9.59 Å². The number of nitrogens with one attached hydrogen (secondary N) is 2. The number of nitrogens with zero attached hydrogens (tertiary/aromatic N) is 1. The Morgan fingerprint density at radius 1 is 1.03 bits per heavy atom. The summed E-state index contributed by atoms with van der Waals surface area (Å²) in [7, 11) is 1.47. The average Bonchev–Trinajstić information content (AvgIpc) is 2.74. The topological polar surface area (TPSA) is 79.8 Å². The van der Waals surface area contributed by atoms with Gasteiger partial charge in [-0.25, -0.2) is 5.43 Å². The Hall–Kier alpha value is -2.87. The van der Waals surface area contributed by atoms with E-state index < -0.39 is 5.91 Å². The Kier molecular flexibility index (Phi) is 7.68. The van der Waals surface area contributed by atoms with Gasteiger partial charge in [0.25, 0.3) is 11.8 Å². The lowest BCUT2D eigenvalue weighted by atomic mass is 10.1. The molecule has 158 valence electrons. The van der Waals surface area contributed by atoms with Crippen molar-refractivity contribution in [1.82, 2.24) is 5.43 Å². The summed E-state index contributed by atoms with van der Waals surface area (Å²) in [4.78, 5) is 24.7. The predicted octanol–water partition coefficient (Wildman–Crippen LogP) is 5.78. The van der Waals surface area contributed by atoms with Gasteiger partial charge in [-0.2, -0.15) is 5.10 Å². The van der Waals surface area contributed by atoms with E-state index in [0.717, 1.165) is 0 Å². The van der Waals surface area contributed by atoms with Crippen molar-refractivity contribution in [3.63, 3.8) is 0 Å². The number of hydrazone groups is 1. The van der Waals surface area contributed by atoms with Gasteiger partial charge in [0.15, 0.2) is 0 Å². The van der Waals surface area contributed by atoms with Crippen LogP contribution in [0.25, 0.3) is 0 Å². The zero-order chi connectivity index (χ0) is 22.4. The van der Waals surface area contributed by atoms with E-state index >= 15 is 0 Å². The molecule has 0 atom stereocenters. The fraction of sp³-hybridized carbons (Fsp3) is 0.0455. The third-order valence-corrected chi connectivity index (χ3v) is 5.32. The summed E-state index contributed by atoms with van der Waals surface area (Å²) in [5.41, 5.74) is 4.38. The van der Waals surface area contributed by atoms with Crippen molar-refractivity contribution >= 4 is 62.8 Å². The SMILES string of the molecule is COc1c(Cl)cc(Cl)cc1/C=N\NC(=O)c1ccc(NC(=O)c2ccccc2Br)cc1. The van der Waals surface area contributed by atoms with Gasteiger partial charge in [0.1, 0.15) is 5.75 Å². The van der Waals surface area contributed by atoms with Crippen molar-refractivity contribution in [2.45, 2.75) is 0 Å². The Balaban J connectivity index is 1.64. The number of hydrogen-bond donors (Lipinski definition) is 2. The van der Waals surface area contributed by atoms with Crippen molar-refractivity contribution in [2.24, 2.45) is 5.10 Å². The van der Waals surface area contributed by atoms with Gasteiger partial charge in [-0.15, -0.1) is 0 Å². The fourth-order valence-electron chi connectivity index (χ4n) is 2.67. The molecule has 2 amide bonds. The number of carbonyl (C=O) groups is 2. The number of hydrogen-bond acceptors (Lipinski definition) is 4. The highest BCUT2D eigenvalue weighted by atomic mass is 79.9. The molecule has 0 aliphatic rings. The highest BCUT2D eigenvalue weighted by molar-refractivity contribution is 9.10. The van der Waals surface area contributed by atoms with E-state index in [1.807, 2.05) is 6.07 Å². The molecule has 0 saturated heterocycles. The van der Waals surface area contributed by atoms with Crippen molar-refractivity contribution < 1.29 is 14.3 Å². The number of halogens is 3. The molecule has 0 bridgehead atoms. The van der Waals surface area contributed by atoms with Crippen LogP contribution >= 0.6 is 39.1 Å². The van der Waals surface area contributed by atoms with Crippen LogP contribution in [0.15, 0.2) is 70.2 Å². The van der Waals surface area contributed by atoms with Crippen LogP contribution in [0.4, 0.5) is 5.69 Å². The standard InChI is InChI=1S/C22H16BrCl2N3O3/c1-31-20-14(10-15(24)11-19(20)25)12-26-28-21(29)13-6-8-16(9-7-13)27-22(30)17-4-2-3-5-18(17)23/h2-12H,1H3,(H,27,30)(H,28,29)/b26-12-. The van der Waals surface area contributed by atoms with Gasteiger partial charge in [0, 0.05) is 26.3 Å². The Morgan fingerprint density at radius 2 is 1.74 bits per heavy atom. The van der Waals surface area contributed by atoms with Gasteiger partial charge in [0.05, 0.1) is 23.9 Å². The second-order valence-electron chi connectivity index (χ2n) is 6.22. The second kappa shape index (κ2) is 10.4. The zero-order valence-corrected chi connectivity index (χ0v) is 19.3. The Morgan fingerprint density at radius 3 is 2.42 bits per heavy atom. The summed E-state index contributed by atoms with van der Waals surface area (Å²) in [5, 5.41) is 7.47. The minimum Gasteiger partial charge on any atom is -0.495 e. The molecule has 0 heterocycles. The molecule has 3 aromatic carbocycles. The number of rotatable bonds is 6. The lowest BCUT2D eigenvalue weighted by molar-refractivity contribution is 0.0954. The van der Waals surface area contributed by atoms with E-state index in [-0.39, 0.29) is 5.91 Å². The molecule has 3 rings (SSSR count). The van der Waals surface area contributed by atoms with E-state index in [1.165, 1.54) is 13.3 Å². The first-order chi connectivity index (χ1) is 14.9. The maximum absolute atomic E-state index is 12.4. The normalized spacial score (nSPS) is 10.7. The molecule has 0 aromatic heterocycles. The van der Waals surface area contributed by atoms with Crippen molar-refractivity contribution in [1.29, 1.82) is 0 Å². The summed E-state index contributed by atoms with van der Waals surface area (Å²) < 4.78 is 5.92. The van der Waals surface area contributed by atoms with Gasteiger partial charge in [-0.05, 0) is 64.5 Å². The molecule has 3 aromatic rings. The largest absolute Gasteiger partial charge is 0.495 e. The number of anilines is 1. The maximum Gasteiger partial charge on any atom is 0.271 e. The highest BCUT2D eigenvalue weighted by Gasteiger charge is 2.11. The Bertz CT molecular complexity index is 1150. The molecule has 2 N–H and O–H groups in total. The summed E-state index contributed by atoms with van der Waals surface area (Å²) in [5.74, 6) is -0.287. The summed E-state index contributed by atoms with van der Waals surface area (Å²) in [6, 6.07) is 16.7. The minimum atomic E-state index is -0.424. The second-order valence-corrected chi connectivity index (χ2v) is 7.92. The number of amides is 2. The molecular weight excluding hydrogens is 505 g/mol. The lowest BCUT2D eigenvalue weighted by Crippen LogP contribution is -2.18. The van der Waals surface area contributed by atoms with E-state index in [4.69, 9.17) is 27.9 Å². The third-order valence-electron chi connectivity index (χ3n) is 4.13. The van der Waals surface area contributed by atoms with E-state index in [1.54, 1.807) is 54.6 Å². The van der Waals surface area contributed by atoms with Crippen LogP contribution in [0.1, 0.15) is 26.3 Å². The smallest absolute Gasteiger partial charge is 0.271 e. The lowest BCUT2D eigenvalue weighted by Gasteiger charge is -2.08. The molecule has 0 unspecified atom stereocenters. The molecule has 0 aliphatic carbocycles. The first-order valence-corrected chi connectivity index (χ1v) is 10.5. The number of benzene rings is 3. The average molecular weight is 521 g/mol. The van der Waals surface area contributed by atoms with Crippen LogP contribution in [0.3, 0.4) is 0 Å². The third kappa shape index (κ3) is 5.85. The summed E-state index contributed by atoms with van der Waals surface area (Å²) >= 11 is 15.4. The number of methoxy groups -OCH3 is 1. The van der Waals surface area contributed by atoms with Gasteiger partial charge in [0.2, 0.25) is 0 Å². The molecule has 31 heavy (non-hydrogen) atoms. The van der Waals surface area contributed by atoms with Crippen molar-refractivity contribution in [2.75, 3.05) is 12.4 Å². The van der Waals surface area contributed by atoms with Crippen molar-refractivity contribution in [3.8, 4) is 5.75 Å². The molecule has 0 saturated carbocycles. The van der Waals surface area contributed by atoms with E-state index in [0.29, 0.717) is 42.6 Å². The van der Waals surface area contributed by atoms with Crippen LogP contribution in [-0.4, -0.2) is 25.1 Å². The monoisotopic (exact) mass is 519 g/mol.